The first kappa shape index (κ1) is 17.4. The van der Waals surface area contributed by atoms with Crippen molar-refractivity contribution in [2.45, 2.75) is 19.0 Å². The maximum atomic E-state index is 4.43. The lowest BCUT2D eigenvalue weighted by Crippen LogP contribution is -2.49. The fraction of sp³-hybridized carbons (Fsp3) is 0.529. The number of rotatable bonds is 4. The summed E-state index contributed by atoms with van der Waals surface area (Å²) in [5.41, 5.74) is 3.23. The lowest BCUT2D eigenvalue weighted by Gasteiger charge is -2.32. The van der Waals surface area contributed by atoms with Crippen molar-refractivity contribution in [3.05, 3.63) is 36.3 Å². The van der Waals surface area contributed by atoms with Crippen LogP contribution in [-0.4, -0.2) is 70.3 Å². The number of likely N-dealkylation sites (tertiary alicyclic amines) is 1. The van der Waals surface area contributed by atoms with Crippen LogP contribution in [0.3, 0.4) is 0 Å². The van der Waals surface area contributed by atoms with Gasteiger partial charge in [-0.2, -0.15) is 5.10 Å². The first-order valence-electron chi connectivity index (χ1n) is 8.50. The molecule has 0 radical (unpaired) electrons. The van der Waals surface area contributed by atoms with Crippen LogP contribution in [-0.2, 0) is 6.54 Å². The summed E-state index contributed by atoms with van der Waals surface area (Å²) in [5.74, 6) is 0. The number of nitrogens with one attached hydrogen (secondary N) is 2. The van der Waals surface area contributed by atoms with Gasteiger partial charge in [0.2, 0.25) is 0 Å². The standard InChI is InChI=1S/C17H24N6.ClH/c1-2-14(11-19-4-1)17-10-15(20-21-17)12-22-7-3-16(13-22)23-8-5-18-6-9-23;/h1-2,4,10-11,16,18H,3,5-9,12-13H2,(H,20,21);1H. The molecule has 2 aromatic rings. The van der Waals surface area contributed by atoms with Crippen LogP contribution in [0.15, 0.2) is 30.6 Å². The maximum absolute atomic E-state index is 4.43. The summed E-state index contributed by atoms with van der Waals surface area (Å²) < 4.78 is 0. The molecule has 1 unspecified atom stereocenters. The average molecular weight is 349 g/mol. The molecule has 2 aliphatic heterocycles. The highest BCUT2D eigenvalue weighted by atomic mass is 35.5. The number of H-pyrrole nitrogens is 1. The summed E-state index contributed by atoms with van der Waals surface area (Å²) in [5, 5.41) is 11.0. The van der Waals surface area contributed by atoms with Crippen LogP contribution in [0.4, 0.5) is 0 Å². The van der Waals surface area contributed by atoms with Gasteiger partial charge in [-0.3, -0.25) is 19.9 Å². The highest BCUT2D eigenvalue weighted by molar-refractivity contribution is 5.85. The maximum Gasteiger partial charge on any atom is 0.0939 e. The minimum atomic E-state index is 0. The fourth-order valence-electron chi connectivity index (χ4n) is 3.65. The van der Waals surface area contributed by atoms with E-state index in [2.05, 4.69) is 36.4 Å². The van der Waals surface area contributed by atoms with Crippen LogP contribution < -0.4 is 5.32 Å². The SMILES string of the molecule is Cl.c1cncc(-c2cc(CN3CCC(N4CCNCC4)C3)[nH]n2)c1. The fourth-order valence-corrected chi connectivity index (χ4v) is 3.65. The second-order valence-electron chi connectivity index (χ2n) is 6.48. The van der Waals surface area contributed by atoms with E-state index in [0.717, 1.165) is 36.9 Å². The number of aromatic amines is 1. The number of nitrogens with zero attached hydrogens (tertiary/aromatic N) is 4. The van der Waals surface area contributed by atoms with Crippen LogP contribution in [0.25, 0.3) is 11.3 Å². The van der Waals surface area contributed by atoms with E-state index in [-0.39, 0.29) is 12.4 Å². The van der Waals surface area contributed by atoms with E-state index in [0.29, 0.717) is 0 Å². The molecule has 2 N–H and O–H groups in total. The van der Waals surface area contributed by atoms with Crippen molar-refractivity contribution >= 4 is 12.4 Å². The zero-order valence-electron chi connectivity index (χ0n) is 13.8. The van der Waals surface area contributed by atoms with E-state index in [1.54, 1.807) is 6.20 Å². The third kappa shape index (κ3) is 3.95. The van der Waals surface area contributed by atoms with Crippen LogP contribution >= 0.6 is 12.4 Å². The summed E-state index contributed by atoms with van der Waals surface area (Å²) in [6.45, 7) is 7.94. The zero-order valence-corrected chi connectivity index (χ0v) is 14.6. The minimum Gasteiger partial charge on any atom is -0.314 e. The molecule has 2 aliphatic rings. The number of pyridine rings is 1. The Labute approximate surface area is 149 Å². The van der Waals surface area contributed by atoms with E-state index in [1.165, 1.54) is 38.3 Å². The molecule has 4 heterocycles. The van der Waals surface area contributed by atoms with Crippen LogP contribution in [0.1, 0.15) is 12.1 Å². The molecule has 1 atom stereocenters. The molecule has 7 heteroatoms. The number of piperazine rings is 1. The number of aromatic nitrogens is 3. The monoisotopic (exact) mass is 348 g/mol. The second-order valence-corrected chi connectivity index (χ2v) is 6.48. The van der Waals surface area contributed by atoms with Crippen molar-refractivity contribution in [1.82, 2.24) is 30.3 Å². The Morgan fingerprint density at radius 3 is 2.88 bits per heavy atom. The highest BCUT2D eigenvalue weighted by Gasteiger charge is 2.28. The van der Waals surface area contributed by atoms with Gasteiger partial charge in [0.1, 0.15) is 0 Å². The number of hydrogen-bond acceptors (Lipinski definition) is 5. The van der Waals surface area contributed by atoms with Gasteiger partial charge in [0.05, 0.1) is 5.69 Å². The van der Waals surface area contributed by atoms with Crippen molar-refractivity contribution < 1.29 is 0 Å². The largest absolute Gasteiger partial charge is 0.314 e. The molecule has 0 bridgehead atoms. The van der Waals surface area contributed by atoms with Gasteiger partial charge in [0.25, 0.3) is 0 Å². The second kappa shape index (κ2) is 8.07. The van der Waals surface area contributed by atoms with Gasteiger partial charge in [-0.1, -0.05) is 0 Å². The zero-order chi connectivity index (χ0) is 15.5. The third-order valence-electron chi connectivity index (χ3n) is 4.90. The molecule has 24 heavy (non-hydrogen) atoms. The highest BCUT2D eigenvalue weighted by Crippen LogP contribution is 2.20. The first-order valence-corrected chi connectivity index (χ1v) is 8.50. The van der Waals surface area contributed by atoms with E-state index >= 15 is 0 Å². The minimum absolute atomic E-state index is 0. The lowest BCUT2D eigenvalue weighted by molar-refractivity contribution is 0.170. The summed E-state index contributed by atoms with van der Waals surface area (Å²) in [7, 11) is 0. The van der Waals surface area contributed by atoms with E-state index in [4.69, 9.17) is 0 Å². The molecule has 0 aromatic carbocycles. The van der Waals surface area contributed by atoms with Gasteiger partial charge < -0.3 is 5.32 Å². The molecule has 0 saturated carbocycles. The molecule has 2 saturated heterocycles. The molecule has 0 spiro atoms. The normalized spacial score (nSPS) is 22.4. The van der Waals surface area contributed by atoms with E-state index in [9.17, 15) is 0 Å². The van der Waals surface area contributed by atoms with Crippen molar-refractivity contribution in [2.75, 3.05) is 39.3 Å². The smallest absolute Gasteiger partial charge is 0.0939 e. The van der Waals surface area contributed by atoms with Crippen molar-refractivity contribution in [3.63, 3.8) is 0 Å². The quantitative estimate of drug-likeness (QED) is 0.874. The average Bonchev–Trinajstić information content (AvgIpc) is 3.27. The predicted octanol–water partition coefficient (Wildman–Crippen LogP) is 1.37. The Kier molecular flexibility index (Phi) is 5.84. The molecule has 130 valence electrons. The Morgan fingerprint density at radius 2 is 2.08 bits per heavy atom. The summed E-state index contributed by atoms with van der Waals surface area (Å²) >= 11 is 0. The van der Waals surface area contributed by atoms with Crippen molar-refractivity contribution in [2.24, 2.45) is 0 Å². The molecule has 2 aromatic heterocycles. The van der Waals surface area contributed by atoms with E-state index in [1.807, 2.05) is 18.3 Å². The van der Waals surface area contributed by atoms with Crippen LogP contribution in [0.2, 0.25) is 0 Å². The Hall–Kier alpha value is -1.47. The predicted molar refractivity (Wildman–Crippen MR) is 97.2 cm³/mol. The third-order valence-corrected chi connectivity index (χ3v) is 4.90. The molecule has 2 fully saturated rings. The van der Waals surface area contributed by atoms with Gasteiger partial charge in [0.15, 0.2) is 0 Å². The van der Waals surface area contributed by atoms with E-state index < -0.39 is 0 Å². The Morgan fingerprint density at radius 1 is 1.21 bits per heavy atom. The summed E-state index contributed by atoms with van der Waals surface area (Å²) in [6, 6.07) is 6.86. The van der Waals surface area contributed by atoms with Gasteiger partial charge in [-0.15, -0.1) is 12.4 Å². The van der Waals surface area contributed by atoms with Gasteiger partial charge in [-0.25, -0.2) is 0 Å². The number of hydrogen-bond donors (Lipinski definition) is 2. The Bertz CT molecular complexity index is 625. The molecule has 0 aliphatic carbocycles. The molecule has 6 nitrogen and oxygen atoms in total. The van der Waals surface area contributed by atoms with Crippen LogP contribution in [0, 0.1) is 0 Å². The molecule has 0 amide bonds. The van der Waals surface area contributed by atoms with Crippen molar-refractivity contribution in [1.29, 1.82) is 0 Å². The van der Waals surface area contributed by atoms with Gasteiger partial charge in [-0.05, 0) is 24.6 Å². The first-order chi connectivity index (χ1) is 11.4. The molecule has 4 rings (SSSR count). The van der Waals surface area contributed by atoms with Gasteiger partial charge >= 0.3 is 0 Å². The van der Waals surface area contributed by atoms with Crippen molar-refractivity contribution in [3.8, 4) is 11.3 Å². The molecular formula is C17H25ClN6. The molecular weight excluding hydrogens is 324 g/mol. The topological polar surface area (TPSA) is 60.1 Å². The summed E-state index contributed by atoms with van der Waals surface area (Å²) in [4.78, 5) is 9.34. The van der Waals surface area contributed by atoms with Crippen LogP contribution in [0.5, 0.6) is 0 Å². The lowest BCUT2D eigenvalue weighted by atomic mass is 10.2. The summed E-state index contributed by atoms with van der Waals surface area (Å²) in [6.07, 6.45) is 4.93. The number of halogens is 1. The Balaban J connectivity index is 0.00000169. The van der Waals surface area contributed by atoms with Gasteiger partial charge in [0, 0.05) is 75.5 Å².